The number of benzene rings is 1. The van der Waals surface area contributed by atoms with E-state index in [0.29, 0.717) is 26.2 Å². The van der Waals surface area contributed by atoms with Gasteiger partial charge < -0.3 is 5.32 Å². The van der Waals surface area contributed by atoms with Crippen LogP contribution in [0.2, 0.25) is 0 Å². The van der Waals surface area contributed by atoms with Crippen LogP contribution in [0, 0.1) is 0 Å². The zero-order chi connectivity index (χ0) is 17.7. The summed E-state index contributed by atoms with van der Waals surface area (Å²) in [4.78, 5) is 25.3. The number of nitrogens with one attached hydrogen (secondary N) is 2. The molecule has 1 saturated heterocycles. The van der Waals surface area contributed by atoms with Crippen LogP contribution >= 0.6 is 0 Å². The molecule has 132 valence electrons. The molecule has 0 unspecified atom stereocenters. The summed E-state index contributed by atoms with van der Waals surface area (Å²) in [5.74, 6) is -0.409. The highest BCUT2D eigenvalue weighted by molar-refractivity contribution is 7.89. The number of sulfonamides is 1. The molecule has 0 aromatic heterocycles. The number of rotatable bonds is 4. The highest BCUT2D eigenvalue weighted by Crippen LogP contribution is 2.18. The first-order valence-electron chi connectivity index (χ1n) is 7.68. The Kier molecular flexibility index (Phi) is 5.92. The normalized spacial score (nSPS) is 17.9. The fourth-order valence-electron chi connectivity index (χ4n) is 2.52. The summed E-state index contributed by atoms with van der Waals surface area (Å²) in [6.45, 7) is 3.14. The van der Waals surface area contributed by atoms with Crippen molar-refractivity contribution in [1.29, 1.82) is 0 Å². The first-order valence-corrected chi connectivity index (χ1v) is 9.12. The Morgan fingerprint density at radius 2 is 1.67 bits per heavy atom. The van der Waals surface area contributed by atoms with Gasteiger partial charge in [-0.1, -0.05) is 18.2 Å². The second-order valence-corrected chi connectivity index (χ2v) is 7.44. The zero-order valence-corrected chi connectivity index (χ0v) is 14.5. The number of hydrogen-bond acceptors (Lipinski definition) is 5. The van der Waals surface area contributed by atoms with Gasteiger partial charge in [0.15, 0.2) is 0 Å². The summed E-state index contributed by atoms with van der Waals surface area (Å²) >= 11 is 0. The van der Waals surface area contributed by atoms with E-state index >= 15 is 0 Å². The molecule has 2 rings (SSSR count). The number of hydrogen-bond donors (Lipinski definition) is 2. The van der Waals surface area contributed by atoms with Gasteiger partial charge in [0.2, 0.25) is 15.9 Å². The van der Waals surface area contributed by atoms with Gasteiger partial charge in [-0.05, 0) is 19.1 Å². The van der Waals surface area contributed by atoms with E-state index in [9.17, 15) is 18.0 Å². The predicted octanol–water partition coefficient (Wildman–Crippen LogP) is -0.163. The van der Waals surface area contributed by atoms with Gasteiger partial charge in [-0.25, -0.2) is 13.2 Å². The smallest absolute Gasteiger partial charge is 0.321 e. The molecule has 9 heteroatoms. The van der Waals surface area contributed by atoms with Gasteiger partial charge in [-0.15, -0.1) is 0 Å². The van der Waals surface area contributed by atoms with Crippen LogP contribution in [0.5, 0.6) is 0 Å². The molecule has 1 heterocycles. The van der Waals surface area contributed by atoms with E-state index in [-0.39, 0.29) is 4.90 Å². The summed E-state index contributed by atoms with van der Waals surface area (Å²) in [5.41, 5.74) is 0. The van der Waals surface area contributed by atoms with Gasteiger partial charge in [0.1, 0.15) is 0 Å². The first-order chi connectivity index (χ1) is 11.4. The maximum atomic E-state index is 12.6. The zero-order valence-electron chi connectivity index (χ0n) is 13.7. The highest BCUT2D eigenvalue weighted by Gasteiger charge is 2.31. The van der Waals surface area contributed by atoms with Crippen LogP contribution in [0.25, 0.3) is 0 Å². The van der Waals surface area contributed by atoms with Crippen molar-refractivity contribution in [1.82, 2.24) is 19.8 Å². The topological polar surface area (TPSA) is 98.8 Å². The molecule has 24 heavy (non-hydrogen) atoms. The number of nitrogens with zero attached hydrogens (tertiary/aromatic N) is 2. The van der Waals surface area contributed by atoms with Crippen LogP contribution in [0.15, 0.2) is 35.2 Å². The van der Waals surface area contributed by atoms with Crippen molar-refractivity contribution >= 4 is 22.0 Å². The van der Waals surface area contributed by atoms with Crippen molar-refractivity contribution in [2.75, 3.05) is 33.2 Å². The van der Waals surface area contributed by atoms with E-state index in [4.69, 9.17) is 0 Å². The number of carbonyl (C=O) groups is 2. The average molecular weight is 354 g/mol. The fraction of sp³-hybridized carbons (Fsp3) is 0.467. The Labute approximate surface area is 141 Å². The standard InChI is InChI=1S/C15H22N4O4S/c1-12(14(20)17-15(21)16-2)18-8-10-19(11-9-18)24(22,23)13-6-4-3-5-7-13/h3-7,12H,8-11H2,1-2H3,(H2,16,17,20,21)/t12-/m1/s1. The van der Waals surface area contributed by atoms with Crippen molar-refractivity contribution in [2.45, 2.75) is 17.9 Å². The highest BCUT2D eigenvalue weighted by atomic mass is 32.2. The minimum absolute atomic E-state index is 0.267. The molecule has 0 spiro atoms. The van der Waals surface area contributed by atoms with Crippen LogP contribution in [0.1, 0.15) is 6.92 Å². The molecule has 3 amide bonds. The van der Waals surface area contributed by atoms with E-state index in [0.717, 1.165) is 0 Å². The third-order valence-electron chi connectivity index (χ3n) is 4.05. The molecular formula is C15H22N4O4S. The molecule has 0 radical (unpaired) electrons. The lowest BCUT2D eigenvalue weighted by Gasteiger charge is -2.36. The Morgan fingerprint density at radius 3 is 2.21 bits per heavy atom. The molecule has 1 fully saturated rings. The monoisotopic (exact) mass is 354 g/mol. The summed E-state index contributed by atoms with van der Waals surface area (Å²) in [6, 6.07) is 7.22. The van der Waals surface area contributed by atoms with Crippen LogP contribution < -0.4 is 10.6 Å². The van der Waals surface area contributed by atoms with Crippen molar-refractivity contribution in [2.24, 2.45) is 0 Å². The van der Waals surface area contributed by atoms with Crippen molar-refractivity contribution in [3.8, 4) is 0 Å². The molecule has 0 aliphatic carbocycles. The number of amides is 3. The average Bonchev–Trinajstić information content (AvgIpc) is 2.61. The summed E-state index contributed by atoms with van der Waals surface area (Å²) in [7, 11) is -2.08. The summed E-state index contributed by atoms with van der Waals surface area (Å²) < 4.78 is 26.5. The van der Waals surface area contributed by atoms with Crippen LogP contribution in [-0.2, 0) is 14.8 Å². The van der Waals surface area contributed by atoms with E-state index in [1.165, 1.54) is 11.4 Å². The summed E-state index contributed by atoms with van der Waals surface area (Å²) in [6.07, 6.45) is 0. The second kappa shape index (κ2) is 7.73. The van der Waals surface area contributed by atoms with E-state index < -0.39 is 28.0 Å². The first kappa shape index (κ1) is 18.4. The third kappa shape index (κ3) is 4.11. The number of piperazine rings is 1. The van der Waals surface area contributed by atoms with Gasteiger partial charge in [-0.2, -0.15) is 4.31 Å². The Balaban J connectivity index is 1.96. The molecule has 1 atom stereocenters. The van der Waals surface area contributed by atoms with Gasteiger partial charge in [0.25, 0.3) is 0 Å². The number of urea groups is 1. The fourth-order valence-corrected chi connectivity index (χ4v) is 3.96. The maximum Gasteiger partial charge on any atom is 0.321 e. The number of imide groups is 1. The molecule has 0 saturated carbocycles. The maximum absolute atomic E-state index is 12.6. The van der Waals surface area contributed by atoms with Gasteiger partial charge in [-0.3, -0.25) is 15.0 Å². The predicted molar refractivity (Wildman–Crippen MR) is 88.8 cm³/mol. The quantitative estimate of drug-likeness (QED) is 0.783. The lowest BCUT2D eigenvalue weighted by molar-refractivity contribution is -0.125. The summed E-state index contributed by atoms with van der Waals surface area (Å²) in [5, 5.41) is 4.55. The van der Waals surface area contributed by atoms with Crippen molar-refractivity contribution in [3.63, 3.8) is 0 Å². The molecule has 2 N–H and O–H groups in total. The minimum atomic E-state index is -3.51. The molecule has 0 bridgehead atoms. The number of carbonyl (C=O) groups excluding carboxylic acids is 2. The van der Waals surface area contributed by atoms with Crippen LogP contribution in [0.3, 0.4) is 0 Å². The largest absolute Gasteiger partial charge is 0.341 e. The lowest BCUT2D eigenvalue weighted by atomic mass is 10.2. The molecule has 1 aliphatic rings. The lowest BCUT2D eigenvalue weighted by Crippen LogP contribution is -2.56. The van der Waals surface area contributed by atoms with Gasteiger partial charge >= 0.3 is 6.03 Å². The Morgan fingerprint density at radius 1 is 1.08 bits per heavy atom. The molecular weight excluding hydrogens is 332 g/mol. The molecule has 1 aromatic rings. The minimum Gasteiger partial charge on any atom is -0.341 e. The van der Waals surface area contributed by atoms with Crippen molar-refractivity contribution in [3.05, 3.63) is 30.3 Å². The van der Waals surface area contributed by atoms with Crippen LogP contribution in [0.4, 0.5) is 4.79 Å². The van der Waals surface area contributed by atoms with E-state index in [1.807, 2.05) is 4.90 Å². The van der Waals surface area contributed by atoms with Gasteiger partial charge in [0, 0.05) is 33.2 Å². The SMILES string of the molecule is CNC(=O)NC(=O)[C@@H](C)N1CCN(S(=O)(=O)c2ccccc2)CC1. The second-order valence-electron chi connectivity index (χ2n) is 5.50. The molecule has 1 aromatic carbocycles. The van der Waals surface area contributed by atoms with E-state index in [1.54, 1.807) is 37.3 Å². The third-order valence-corrected chi connectivity index (χ3v) is 5.96. The van der Waals surface area contributed by atoms with Gasteiger partial charge in [0.05, 0.1) is 10.9 Å². The molecule has 1 aliphatic heterocycles. The Hall–Kier alpha value is -1.97. The molecule has 8 nitrogen and oxygen atoms in total. The van der Waals surface area contributed by atoms with E-state index in [2.05, 4.69) is 10.6 Å². The van der Waals surface area contributed by atoms with Crippen LogP contribution in [-0.4, -0.2) is 68.8 Å². The van der Waals surface area contributed by atoms with Crippen molar-refractivity contribution < 1.29 is 18.0 Å². The Bertz CT molecular complexity index is 685.